The van der Waals surface area contributed by atoms with Crippen molar-refractivity contribution in [1.29, 1.82) is 0 Å². The molecule has 0 radical (unpaired) electrons. The molecule has 0 fully saturated rings. The van der Waals surface area contributed by atoms with Gasteiger partial charge >= 0.3 is 0 Å². The van der Waals surface area contributed by atoms with Crippen LogP contribution in [0, 0.1) is 6.92 Å². The lowest BCUT2D eigenvalue weighted by atomic mass is 10.0. The lowest BCUT2D eigenvalue weighted by molar-refractivity contribution is -0.114. The molecule has 0 aliphatic heterocycles. The summed E-state index contributed by atoms with van der Waals surface area (Å²) in [6, 6.07) is 3.08. The van der Waals surface area contributed by atoms with Gasteiger partial charge in [0.1, 0.15) is 5.75 Å². The molecule has 1 amide bonds. The van der Waals surface area contributed by atoms with Gasteiger partial charge in [0.05, 0.1) is 5.71 Å². The second kappa shape index (κ2) is 4.65. The maximum Gasteiger partial charge on any atom is 0.221 e. The van der Waals surface area contributed by atoms with Crippen LogP contribution in [0.3, 0.4) is 0 Å². The zero-order valence-electron chi connectivity index (χ0n) is 9.40. The number of amides is 1. The van der Waals surface area contributed by atoms with E-state index in [1.807, 2.05) is 0 Å². The van der Waals surface area contributed by atoms with Gasteiger partial charge in [-0.1, -0.05) is 5.16 Å². The lowest BCUT2D eigenvalue weighted by Gasteiger charge is -2.10. The number of carbonyl (C=O) groups is 1. The highest BCUT2D eigenvalue weighted by Gasteiger charge is 2.10. The van der Waals surface area contributed by atoms with E-state index >= 15 is 0 Å². The van der Waals surface area contributed by atoms with Crippen molar-refractivity contribution in [3.63, 3.8) is 0 Å². The summed E-state index contributed by atoms with van der Waals surface area (Å²) in [5.74, 6) is -0.243. The van der Waals surface area contributed by atoms with Crippen LogP contribution in [0.5, 0.6) is 5.75 Å². The Bertz CT molecular complexity index is 453. The standard InChI is InChI=1S/C11H14N2O3/c1-6-4-9(7(2)13-16)11(15)5-10(6)12-8(3)14/h4-5,15-16H,1-3H3,(H,12,14). The van der Waals surface area contributed by atoms with Gasteiger partial charge in [-0.3, -0.25) is 4.79 Å². The first kappa shape index (κ1) is 12.0. The van der Waals surface area contributed by atoms with E-state index in [0.717, 1.165) is 5.56 Å². The number of aryl methyl sites for hydroxylation is 1. The topological polar surface area (TPSA) is 81.9 Å². The molecule has 16 heavy (non-hydrogen) atoms. The Kier molecular flexibility index (Phi) is 3.50. The minimum Gasteiger partial charge on any atom is -0.507 e. The van der Waals surface area contributed by atoms with Crippen LogP contribution in [0.4, 0.5) is 5.69 Å². The number of benzene rings is 1. The minimum atomic E-state index is -0.206. The number of hydrogen-bond acceptors (Lipinski definition) is 4. The zero-order chi connectivity index (χ0) is 12.3. The predicted molar refractivity (Wildman–Crippen MR) is 61.1 cm³/mol. The van der Waals surface area contributed by atoms with Crippen molar-refractivity contribution in [2.24, 2.45) is 5.16 Å². The molecule has 0 bridgehead atoms. The number of oxime groups is 1. The van der Waals surface area contributed by atoms with Gasteiger partial charge in [0, 0.05) is 24.2 Å². The molecule has 86 valence electrons. The van der Waals surface area contributed by atoms with Gasteiger partial charge in [0.25, 0.3) is 0 Å². The van der Waals surface area contributed by atoms with Gasteiger partial charge in [-0.2, -0.15) is 0 Å². The molecule has 0 aromatic heterocycles. The largest absolute Gasteiger partial charge is 0.507 e. The highest BCUT2D eigenvalue weighted by atomic mass is 16.4. The predicted octanol–water partition coefficient (Wildman–Crippen LogP) is 1.86. The van der Waals surface area contributed by atoms with E-state index in [-0.39, 0.29) is 11.7 Å². The molecule has 5 nitrogen and oxygen atoms in total. The van der Waals surface area contributed by atoms with Crippen molar-refractivity contribution in [3.05, 3.63) is 23.3 Å². The summed E-state index contributed by atoms with van der Waals surface area (Å²) in [7, 11) is 0. The third-order valence-corrected chi connectivity index (χ3v) is 2.19. The van der Waals surface area contributed by atoms with Crippen LogP contribution in [0.15, 0.2) is 17.3 Å². The number of carbonyl (C=O) groups excluding carboxylic acids is 1. The Morgan fingerprint density at radius 2 is 2.00 bits per heavy atom. The molecule has 0 unspecified atom stereocenters. The van der Waals surface area contributed by atoms with Crippen LogP contribution in [0.1, 0.15) is 25.0 Å². The number of nitrogens with zero attached hydrogens (tertiary/aromatic N) is 1. The number of hydrogen-bond donors (Lipinski definition) is 3. The van der Waals surface area contributed by atoms with E-state index in [9.17, 15) is 9.90 Å². The second-order valence-corrected chi connectivity index (χ2v) is 3.55. The van der Waals surface area contributed by atoms with Crippen molar-refractivity contribution in [2.45, 2.75) is 20.8 Å². The summed E-state index contributed by atoms with van der Waals surface area (Å²) in [4.78, 5) is 10.9. The fourth-order valence-electron chi connectivity index (χ4n) is 1.36. The number of anilines is 1. The summed E-state index contributed by atoms with van der Waals surface area (Å²) in [5.41, 5.74) is 2.08. The van der Waals surface area contributed by atoms with Crippen LogP contribution in [0.2, 0.25) is 0 Å². The molecule has 5 heteroatoms. The number of aromatic hydroxyl groups is 1. The molecular weight excluding hydrogens is 208 g/mol. The lowest BCUT2D eigenvalue weighted by Crippen LogP contribution is -2.08. The molecule has 0 aliphatic carbocycles. The molecule has 1 aromatic rings. The van der Waals surface area contributed by atoms with E-state index in [1.54, 1.807) is 19.9 Å². The first-order valence-electron chi connectivity index (χ1n) is 4.76. The van der Waals surface area contributed by atoms with E-state index in [1.165, 1.54) is 13.0 Å². The molecule has 1 aromatic carbocycles. The first-order valence-corrected chi connectivity index (χ1v) is 4.76. The van der Waals surface area contributed by atoms with E-state index in [2.05, 4.69) is 10.5 Å². The minimum absolute atomic E-state index is 0.0374. The molecule has 0 aliphatic rings. The van der Waals surface area contributed by atoms with Crippen LogP contribution in [-0.2, 0) is 4.79 Å². The highest BCUT2D eigenvalue weighted by molar-refractivity contribution is 6.02. The van der Waals surface area contributed by atoms with E-state index < -0.39 is 0 Å². The van der Waals surface area contributed by atoms with Crippen molar-refractivity contribution in [1.82, 2.24) is 0 Å². The number of phenols is 1. The van der Waals surface area contributed by atoms with Crippen molar-refractivity contribution in [2.75, 3.05) is 5.32 Å². The molecule has 0 atom stereocenters. The Hall–Kier alpha value is -2.04. The Balaban J connectivity index is 3.21. The summed E-state index contributed by atoms with van der Waals surface area (Å²) < 4.78 is 0. The molecule has 3 N–H and O–H groups in total. The van der Waals surface area contributed by atoms with Gasteiger partial charge in [-0.25, -0.2) is 0 Å². The summed E-state index contributed by atoms with van der Waals surface area (Å²) >= 11 is 0. The maximum atomic E-state index is 10.9. The summed E-state index contributed by atoms with van der Waals surface area (Å²) in [5, 5.41) is 23.9. The highest BCUT2D eigenvalue weighted by Crippen LogP contribution is 2.26. The molecule has 0 heterocycles. The van der Waals surface area contributed by atoms with Crippen molar-refractivity contribution in [3.8, 4) is 5.75 Å². The fraction of sp³-hybridized carbons (Fsp3) is 0.273. The number of nitrogens with one attached hydrogen (secondary N) is 1. The van der Waals surface area contributed by atoms with Gasteiger partial charge in [0.2, 0.25) is 5.91 Å². The SMILES string of the molecule is CC(=O)Nc1cc(O)c(C(C)=NO)cc1C. The first-order chi connectivity index (χ1) is 7.45. The Morgan fingerprint density at radius 3 is 2.50 bits per heavy atom. The second-order valence-electron chi connectivity index (χ2n) is 3.55. The third-order valence-electron chi connectivity index (χ3n) is 2.19. The monoisotopic (exact) mass is 222 g/mol. The van der Waals surface area contributed by atoms with E-state index in [4.69, 9.17) is 5.21 Å². The molecular formula is C11H14N2O3. The average molecular weight is 222 g/mol. The summed E-state index contributed by atoms with van der Waals surface area (Å²) in [6.45, 7) is 4.76. The normalized spacial score (nSPS) is 11.3. The Morgan fingerprint density at radius 1 is 1.38 bits per heavy atom. The van der Waals surface area contributed by atoms with Gasteiger partial charge in [-0.05, 0) is 25.5 Å². The van der Waals surface area contributed by atoms with Crippen LogP contribution in [0.25, 0.3) is 0 Å². The quantitative estimate of drug-likeness (QED) is 0.406. The summed E-state index contributed by atoms with van der Waals surface area (Å²) in [6.07, 6.45) is 0. The molecule has 0 saturated heterocycles. The number of rotatable bonds is 2. The van der Waals surface area contributed by atoms with Gasteiger partial charge < -0.3 is 15.6 Å². The van der Waals surface area contributed by atoms with Crippen LogP contribution >= 0.6 is 0 Å². The van der Waals surface area contributed by atoms with Crippen LogP contribution < -0.4 is 5.32 Å². The van der Waals surface area contributed by atoms with Crippen molar-refractivity contribution < 1.29 is 15.1 Å². The van der Waals surface area contributed by atoms with Gasteiger partial charge in [0.15, 0.2) is 0 Å². The molecule has 0 spiro atoms. The zero-order valence-corrected chi connectivity index (χ0v) is 9.40. The van der Waals surface area contributed by atoms with Gasteiger partial charge in [-0.15, -0.1) is 0 Å². The number of phenolic OH excluding ortho intramolecular Hbond substituents is 1. The molecule has 1 rings (SSSR count). The fourth-order valence-corrected chi connectivity index (χ4v) is 1.36. The Labute approximate surface area is 93.4 Å². The van der Waals surface area contributed by atoms with Crippen molar-refractivity contribution >= 4 is 17.3 Å². The molecule has 0 saturated carbocycles. The maximum absolute atomic E-state index is 10.9. The van der Waals surface area contributed by atoms with Crippen LogP contribution in [-0.4, -0.2) is 21.9 Å². The third kappa shape index (κ3) is 2.50. The van der Waals surface area contributed by atoms with E-state index in [0.29, 0.717) is 17.0 Å². The average Bonchev–Trinajstić information content (AvgIpc) is 2.21. The smallest absolute Gasteiger partial charge is 0.221 e.